The van der Waals surface area contributed by atoms with Crippen LogP contribution in [0.4, 0.5) is 0 Å². The van der Waals surface area contributed by atoms with Gasteiger partial charge in [-0.15, -0.1) is 0 Å². The first-order valence-corrected chi connectivity index (χ1v) is 8.27. The molecule has 2 aliphatic rings. The Morgan fingerprint density at radius 2 is 2.29 bits per heavy atom. The van der Waals surface area contributed by atoms with Crippen molar-refractivity contribution < 1.29 is 9.47 Å². The summed E-state index contributed by atoms with van der Waals surface area (Å²) >= 11 is 0. The Labute approximate surface area is 126 Å². The van der Waals surface area contributed by atoms with Crippen molar-refractivity contribution in [1.29, 1.82) is 0 Å². The zero-order valence-electron chi connectivity index (χ0n) is 12.9. The van der Waals surface area contributed by atoms with Gasteiger partial charge < -0.3 is 19.8 Å². The third-order valence-corrected chi connectivity index (χ3v) is 4.83. The summed E-state index contributed by atoms with van der Waals surface area (Å²) in [6.07, 6.45) is 9.17. The van der Waals surface area contributed by atoms with Gasteiger partial charge in [0, 0.05) is 32.2 Å². The van der Waals surface area contributed by atoms with E-state index in [0.29, 0.717) is 12.0 Å². The molecule has 3 heterocycles. The van der Waals surface area contributed by atoms with Crippen LogP contribution in [0, 0.1) is 5.92 Å². The van der Waals surface area contributed by atoms with Gasteiger partial charge >= 0.3 is 0 Å². The van der Waals surface area contributed by atoms with Crippen molar-refractivity contribution >= 4 is 0 Å². The van der Waals surface area contributed by atoms with Gasteiger partial charge in [0.25, 0.3) is 0 Å². The molecule has 2 unspecified atom stereocenters. The Bertz CT molecular complexity index is 410. The number of nitrogens with zero attached hydrogens (tertiary/aromatic N) is 1. The Morgan fingerprint density at radius 1 is 1.43 bits per heavy atom. The van der Waals surface area contributed by atoms with Crippen LogP contribution in [-0.2, 0) is 9.47 Å². The van der Waals surface area contributed by atoms with E-state index in [0.717, 1.165) is 64.3 Å². The Kier molecular flexibility index (Phi) is 4.93. The highest BCUT2D eigenvalue weighted by atomic mass is 16.5. The quantitative estimate of drug-likeness (QED) is 0.875. The van der Waals surface area contributed by atoms with Gasteiger partial charge in [-0.1, -0.05) is 6.92 Å². The predicted octanol–water partition coefficient (Wildman–Crippen LogP) is 2.43. The van der Waals surface area contributed by atoms with Gasteiger partial charge in [-0.25, -0.2) is 4.98 Å². The summed E-state index contributed by atoms with van der Waals surface area (Å²) < 4.78 is 11.7. The molecule has 2 atom stereocenters. The zero-order chi connectivity index (χ0) is 14.5. The van der Waals surface area contributed by atoms with E-state index in [1.807, 2.05) is 12.4 Å². The Hall–Kier alpha value is -0.910. The summed E-state index contributed by atoms with van der Waals surface area (Å²) in [6.45, 7) is 5.76. The summed E-state index contributed by atoms with van der Waals surface area (Å²) in [6, 6.07) is 0.309. The second kappa shape index (κ2) is 6.90. The number of aromatic nitrogens is 2. The van der Waals surface area contributed by atoms with Gasteiger partial charge in [-0.05, 0) is 44.6 Å². The molecule has 3 rings (SSSR count). The number of ether oxygens (including phenoxy) is 2. The molecule has 0 aliphatic carbocycles. The first-order valence-electron chi connectivity index (χ1n) is 8.27. The maximum atomic E-state index is 6.17. The largest absolute Gasteiger partial charge is 0.381 e. The molecule has 0 aromatic carbocycles. The number of rotatable bonds is 5. The maximum absolute atomic E-state index is 6.17. The van der Waals surface area contributed by atoms with Crippen LogP contribution in [-0.4, -0.2) is 41.9 Å². The number of H-pyrrole nitrogens is 1. The van der Waals surface area contributed by atoms with Gasteiger partial charge in [0.05, 0.1) is 11.6 Å². The third kappa shape index (κ3) is 3.47. The van der Waals surface area contributed by atoms with Crippen LogP contribution in [0.15, 0.2) is 12.4 Å². The molecular formula is C16H27N3O2. The van der Waals surface area contributed by atoms with Crippen LogP contribution in [0.25, 0.3) is 0 Å². The molecule has 21 heavy (non-hydrogen) atoms. The van der Waals surface area contributed by atoms with E-state index in [1.54, 1.807) is 0 Å². The zero-order valence-corrected chi connectivity index (χ0v) is 12.9. The van der Waals surface area contributed by atoms with Gasteiger partial charge in [0.2, 0.25) is 0 Å². The van der Waals surface area contributed by atoms with E-state index >= 15 is 0 Å². The maximum Gasteiger partial charge on any atom is 0.123 e. The van der Waals surface area contributed by atoms with Crippen LogP contribution < -0.4 is 5.32 Å². The first kappa shape index (κ1) is 15.0. The molecule has 5 heteroatoms. The summed E-state index contributed by atoms with van der Waals surface area (Å²) in [5.41, 5.74) is 0.0416. The molecule has 1 spiro atoms. The van der Waals surface area contributed by atoms with E-state index in [-0.39, 0.29) is 5.60 Å². The van der Waals surface area contributed by atoms with E-state index in [2.05, 4.69) is 22.2 Å². The molecule has 2 N–H and O–H groups in total. The average Bonchev–Trinajstić information content (AvgIpc) is 3.03. The second-order valence-electron chi connectivity index (χ2n) is 6.30. The highest BCUT2D eigenvalue weighted by Crippen LogP contribution is 2.41. The van der Waals surface area contributed by atoms with Crippen LogP contribution in [0.2, 0.25) is 0 Å². The fourth-order valence-electron chi connectivity index (χ4n) is 3.68. The summed E-state index contributed by atoms with van der Waals surface area (Å²) in [4.78, 5) is 7.79. The van der Waals surface area contributed by atoms with Gasteiger partial charge in [-0.3, -0.25) is 0 Å². The van der Waals surface area contributed by atoms with E-state index in [4.69, 9.17) is 9.47 Å². The lowest BCUT2D eigenvalue weighted by Gasteiger charge is -2.45. The van der Waals surface area contributed by atoms with Gasteiger partial charge in [0.15, 0.2) is 0 Å². The molecule has 2 aliphatic heterocycles. The van der Waals surface area contributed by atoms with Crippen molar-refractivity contribution in [2.24, 2.45) is 5.92 Å². The fourth-order valence-corrected chi connectivity index (χ4v) is 3.68. The lowest BCUT2D eigenvalue weighted by Crippen LogP contribution is -2.47. The SMILES string of the molecule is CCCNC(c1ncc[nH]1)C1CCOC2(CCOCC2)C1. The van der Waals surface area contributed by atoms with Gasteiger partial charge in [-0.2, -0.15) is 0 Å². The minimum absolute atomic E-state index is 0.0416. The van der Waals surface area contributed by atoms with Crippen molar-refractivity contribution in [3.63, 3.8) is 0 Å². The average molecular weight is 293 g/mol. The van der Waals surface area contributed by atoms with E-state index < -0.39 is 0 Å². The molecule has 0 saturated carbocycles. The topological polar surface area (TPSA) is 59.2 Å². The Balaban J connectivity index is 1.72. The molecule has 0 bridgehead atoms. The van der Waals surface area contributed by atoms with Crippen molar-refractivity contribution in [1.82, 2.24) is 15.3 Å². The number of hydrogen-bond acceptors (Lipinski definition) is 4. The van der Waals surface area contributed by atoms with Crippen molar-refractivity contribution in [2.75, 3.05) is 26.4 Å². The Morgan fingerprint density at radius 3 is 3.00 bits per heavy atom. The molecular weight excluding hydrogens is 266 g/mol. The summed E-state index contributed by atoms with van der Waals surface area (Å²) in [5, 5.41) is 3.68. The molecule has 1 aromatic heterocycles. The molecule has 2 fully saturated rings. The van der Waals surface area contributed by atoms with Crippen LogP contribution in [0.1, 0.15) is 50.9 Å². The second-order valence-corrected chi connectivity index (χ2v) is 6.30. The standard InChI is InChI=1S/C16H27N3O2/c1-2-6-17-14(15-18-7-8-19-15)13-3-9-21-16(12-13)4-10-20-11-5-16/h7-8,13-14,17H,2-6,9-12H2,1H3,(H,18,19). The predicted molar refractivity (Wildman–Crippen MR) is 81.1 cm³/mol. The molecule has 0 radical (unpaired) electrons. The van der Waals surface area contributed by atoms with Crippen molar-refractivity contribution in [3.8, 4) is 0 Å². The molecule has 5 nitrogen and oxygen atoms in total. The number of imidazole rings is 1. The molecule has 2 saturated heterocycles. The summed E-state index contributed by atoms with van der Waals surface area (Å²) in [7, 11) is 0. The first-order chi connectivity index (χ1) is 10.3. The third-order valence-electron chi connectivity index (χ3n) is 4.83. The normalized spacial score (nSPS) is 26.8. The van der Waals surface area contributed by atoms with Crippen LogP contribution >= 0.6 is 0 Å². The van der Waals surface area contributed by atoms with Crippen molar-refractivity contribution in [3.05, 3.63) is 18.2 Å². The number of hydrogen-bond donors (Lipinski definition) is 2. The highest BCUT2D eigenvalue weighted by molar-refractivity contribution is 5.02. The highest BCUT2D eigenvalue weighted by Gasteiger charge is 2.41. The van der Waals surface area contributed by atoms with E-state index in [1.165, 1.54) is 0 Å². The van der Waals surface area contributed by atoms with Crippen LogP contribution in [0.3, 0.4) is 0 Å². The lowest BCUT2D eigenvalue weighted by atomic mass is 9.77. The molecule has 1 aromatic rings. The molecule has 118 valence electrons. The molecule has 0 amide bonds. The monoisotopic (exact) mass is 293 g/mol. The number of aromatic amines is 1. The minimum atomic E-state index is 0.0416. The minimum Gasteiger partial charge on any atom is -0.381 e. The number of nitrogens with one attached hydrogen (secondary N) is 2. The van der Waals surface area contributed by atoms with Crippen LogP contribution in [0.5, 0.6) is 0 Å². The van der Waals surface area contributed by atoms with Gasteiger partial charge in [0.1, 0.15) is 5.82 Å². The fraction of sp³-hybridized carbons (Fsp3) is 0.812. The summed E-state index contributed by atoms with van der Waals surface area (Å²) in [5.74, 6) is 1.65. The lowest BCUT2D eigenvalue weighted by molar-refractivity contribution is -0.150. The van der Waals surface area contributed by atoms with Crippen molar-refractivity contribution in [2.45, 2.75) is 50.7 Å². The van der Waals surface area contributed by atoms with E-state index in [9.17, 15) is 0 Å². The smallest absolute Gasteiger partial charge is 0.123 e.